The normalized spacial score (nSPS) is 17.5. The molecule has 7 nitrogen and oxygen atoms in total. The monoisotopic (exact) mass is 325 g/mol. The van der Waals surface area contributed by atoms with Crippen LogP contribution in [-0.2, 0) is 0 Å². The minimum absolute atomic E-state index is 0.0248. The number of benzene rings is 1. The fourth-order valence-corrected chi connectivity index (χ4v) is 3.08. The van der Waals surface area contributed by atoms with Crippen molar-refractivity contribution in [3.63, 3.8) is 0 Å². The van der Waals surface area contributed by atoms with Crippen LogP contribution in [0.4, 0.5) is 0 Å². The Morgan fingerprint density at radius 3 is 2.96 bits per heavy atom. The lowest BCUT2D eigenvalue weighted by Gasteiger charge is -2.21. The standard InChI is InChI=1S/C17H15N3O4/c1-10-18-15(24-19-10)13-6-4-8-20(13)16(21)12-9-11-5-2-3-7-14(11)23-17(12)22/h2-3,5,7,9,13H,4,6,8H2,1H3. The van der Waals surface area contributed by atoms with Crippen molar-refractivity contribution >= 4 is 16.9 Å². The molecule has 0 radical (unpaired) electrons. The van der Waals surface area contributed by atoms with Crippen molar-refractivity contribution in [3.05, 3.63) is 58.0 Å². The number of hydrogen-bond donors (Lipinski definition) is 0. The van der Waals surface area contributed by atoms with E-state index in [1.54, 1.807) is 36.1 Å². The van der Waals surface area contributed by atoms with E-state index in [9.17, 15) is 9.59 Å². The fraction of sp³-hybridized carbons (Fsp3) is 0.294. The highest BCUT2D eigenvalue weighted by Crippen LogP contribution is 2.32. The first-order chi connectivity index (χ1) is 11.6. The molecule has 1 saturated heterocycles. The van der Waals surface area contributed by atoms with E-state index in [0.29, 0.717) is 29.2 Å². The highest BCUT2D eigenvalue weighted by Gasteiger charge is 2.35. The largest absolute Gasteiger partial charge is 0.422 e. The van der Waals surface area contributed by atoms with Crippen LogP contribution in [0.5, 0.6) is 0 Å². The summed E-state index contributed by atoms with van der Waals surface area (Å²) in [6.45, 7) is 2.27. The van der Waals surface area contributed by atoms with Gasteiger partial charge in [0, 0.05) is 11.9 Å². The highest BCUT2D eigenvalue weighted by atomic mass is 16.5. The van der Waals surface area contributed by atoms with E-state index in [2.05, 4.69) is 10.1 Å². The quantitative estimate of drug-likeness (QED) is 0.672. The lowest BCUT2D eigenvalue weighted by Crippen LogP contribution is -2.33. The number of hydrogen-bond acceptors (Lipinski definition) is 6. The lowest BCUT2D eigenvalue weighted by molar-refractivity contribution is 0.0706. The SMILES string of the molecule is Cc1noc(C2CCCN2C(=O)c2cc3ccccc3oc2=O)n1. The van der Waals surface area contributed by atoms with Crippen LogP contribution in [-0.4, -0.2) is 27.5 Å². The van der Waals surface area contributed by atoms with Gasteiger partial charge in [0.1, 0.15) is 17.2 Å². The zero-order valence-electron chi connectivity index (χ0n) is 13.1. The van der Waals surface area contributed by atoms with Gasteiger partial charge in [-0.25, -0.2) is 4.79 Å². The molecule has 1 aliphatic rings. The van der Waals surface area contributed by atoms with Crippen LogP contribution in [0.25, 0.3) is 11.0 Å². The molecule has 1 atom stereocenters. The molecule has 0 spiro atoms. The Labute approximate surface area is 136 Å². The number of aromatic nitrogens is 2. The molecule has 0 saturated carbocycles. The van der Waals surface area contributed by atoms with E-state index >= 15 is 0 Å². The summed E-state index contributed by atoms with van der Waals surface area (Å²) < 4.78 is 10.5. The van der Waals surface area contributed by atoms with Gasteiger partial charge in [0.25, 0.3) is 5.91 Å². The van der Waals surface area contributed by atoms with Gasteiger partial charge in [-0.2, -0.15) is 4.98 Å². The predicted molar refractivity (Wildman–Crippen MR) is 84.5 cm³/mol. The minimum atomic E-state index is -0.633. The van der Waals surface area contributed by atoms with Crippen LogP contribution in [0.1, 0.15) is 41.0 Å². The van der Waals surface area contributed by atoms with E-state index < -0.39 is 5.63 Å². The van der Waals surface area contributed by atoms with Gasteiger partial charge in [-0.05, 0) is 31.9 Å². The van der Waals surface area contributed by atoms with Gasteiger partial charge in [0.05, 0.1) is 0 Å². The highest BCUT2D eigenvalue weighted by molar-refractivity contribution is 5.97. The molecule has 1 aliphatic heterocycles. The molecule has 24 heavy (non-hydrogen) atoms. The Balaban J connectivity index is 1.72. The minimum Gasteiger partial charge on any atom is -0.422 e. The topological polar surface area (TPSA) is 89.4 Å². The molecule has 0 bridgehead atoms. The van der Waals surface area contributed by atoms with Crippen LogP contribution < -0.4 is 5.63 Å². The van der Waals surface area contributed by atoms with Crippen LogP contribution in [0.3, 0.4) is 0 Å². The summed E-state index contributed by atoms with van der Waals surface area (Å²) in [7, 11) is 0. The van der Waals surface area contributed by atoms with Crippen molar-refractivity contribution in [1.29, 1.82) is 0 Å². The third-order valence-electron chi connectivity index (χ3n) is 4.21. The van der Waals surface area contributed by atoms with E-state index in [0.717, 1.165) is 12.8 Å². The molecule has 3 heterocycles. The Kier molecular flexibility index (Phi) is 3.41. The zero-order valence-corrected chi connectivity index (χ0v) is 13.1. The summed E-state index contributed by atoms with van der Waals surface area (Å²) in [5.74, 6) is 0.561. The molecule has 4 rings (SSSR count). The zero-order chi connectivity index (χ0) is 16.7. The predicted octanol–water partition coefficient (Wildman–Crippen LogP) is 2.46. The number of carbonyl (C=O) groups is 1. The number of fused-ring (bicyclic) bond motifs is 1. The molecule has 122 valence electrons. The van der Waals surface area contributed by atoms with Gasteiger partial charge in [0.2, 0.25) is 5.89 Å². The van der Waals surface area contributed by atoms with Crippen LogP contribution >= 0.6 is 0 Å². The molecule has 2 aromatic heterocycles. The second kappa shape index (κ2) is 5.59. The van der Waals surface area contributed by atoms with Gasteiger partial charge in [0.15, 0.2) is 5.82 Å². The number of aryl methyl sites for hydroxylation is 1. The molecule has 7 heteroatoms. The van der Waals surface area contributed by atoms with Crippen LogP contribution in [0.2, 0.25) is 0 Å². The molecule has 1 fully saturated rings. The molecular weight excluding hydrogens is 310 g/mol. The molecular formula is C17H15N3O4. The van der Waals surface area contributed by atoms with Crippen molar-refractivity contribution in [1.82, 2.24) is 15.0 Å². The summed E-state index contributed by atoms with van der Waals surface area (Å²) >= 11 is 0. The van der Waals surface area contributed by atoms with E-state index in [1.165, 1.54) is 0 Å². The number of nitrogens with zero attached hydrogens (tertiary/aromatic N) is 3. The first-order valence-corrected chi connectivity index (χ1v) is 7.77. The molecule has 1 aromatic carbocycles. The van der Waals surface area contributed by atoms with Crippen molar-refractivity contribution in [2.24, 2.45) is 0 Å². The van der Waals surface area contributed by atoms with Crippen molar-refractivity contribution in [3.8, 4) is 0 Å². The number of para-hydroxylation sites is 1. The maximum atomic E-state index is 12.9. The molecule has 1 unspecified atom stereocenters. The van der Waals surface area contributed by atoms with Crippen molar-refractivity contribution in [2.45, 2.75) is 25.8 Å². The van der Waals surface area contributed by atoms with E-state index in [4.69, 9.17) is 8.94 Å². The van der Waals surface area contributed by atoms with Crippen LogP contribution in [0, 0.1) is 6.92 Å². The number of amides is 1. The molecule has 1 amide bonds. The average molecular weight is 325 g/mol. The Hall–Kier alpha value is -2.96. The Bertz CT molecular complexity index is 975. The van der Waals surface area contributed by atoms with E-state index in [-0.39, 0.29) is 17.5 Å². The number of carbonyl (C=O) groups excluding carboxylic acids is 1. The van der Waals surface area contributed by atoms with Gasteiger partial charge >= 0.3 is 5.63 Å². The Morgan fingerprint density at radius 1 is 1.33 bits per heavy atom. The van der Waals surface area contributed by atoms with Gasteiger partial charge in [-0.1, -0.05) is 23.4 Å². The smallest absolute Gasteiger partial charge is 0.349 e. The maximum Gasteiger partial charge on any atom is 0.349 e. The second-order valence-corrected chi connectivity index (χ2v) is 5.82. The first-order valence-electron chi connectivity index (χ1n) is 7.77. The number of likely N-dealkylation sites (tertiary alicyclic amines) is 1. The van der Waals surface area contributed by atoms with Gasteiger partial charge in [-0.15, -0.1) is 0 Å². The average Bonchev–Trinajstić information content (AvgIpc) is 3.22. The third-order valence-corrected chi connectivity index (χ3v) is 4.21. The number of rotatable bonds is 2. The lowest BCUT2D eigenvalue weighted by atomic mass is 10.1. The molecule has 3 aromatic rings. The van der Waals surface area contributed by atoms with Gasteiger partial charge < -0.3 is 13.8 Å². The summed E-state index contributed by atoms with van der Waals surface area (Å²) in [6, 6.07) is 8.39. The summed E-state index contributed by atoms with van der Waals surface area (Å²) in [4.78, 5) is 30.9. The van der Waals surface area contributed by atoms with Crippen LogP contribution in [0.15, 0.2) is 44.1 Å². The summed E-state index contributed by atoms with van der Waals surface area (Å²) in [5, 5.41) is 4.49. The summed E-state index contributed by atoms with van der Waals surface area (Å²) in [5.41, 5.74) is -0.146. The molecule has 0 aliphatic carbocycles. The summed E-state index contributed by atoms with van der Waals surface area (Å²) in [6.07, 6.45) is 1.54. The van der Waals surface area contributed by atoms with Gasteiger partial charge in [-0.3, -0.25) is 4.79 Å². The second-order valence-electron chi connectivity index (χ2n) is 5.82. The maximum absolute atomic E-state index is 12.9. The van der Waals surface area contributed by atoms with Crippen molar-refractivity contribution in [2.75, 3.05) is 6.54 Å². The third kappa shape index (κ3) is 2.38. The fourth-order valence-electron chi connectivity index (χ4n) is 3.08. The Morgan fingerprint density at radius 2 is 2.17 bits per heavy atom. The van der Waals surface area contributed by atoms with E-state index in [1.807, 2.05) is 6.07 Å². The molecule has 0 N–H and O–H groups in total. The van der Waals surface area contributed by atoms with Crippen molar-refractivity contribution < 1.29 is 13.7 Å². The first kappa shape index (κ1) is 14.6.